The van der Waals surface area contributed by atoms with Gasteiger partial charge >= 0.3 is 0 Å². The lowest BCUT2D eigenvalue weighted by molar-refractivity contribution is 0.0994. The minimum Gasteiger partial charge on any atom is -0.487 e. The molecule has 0 spiro atoms. The van der Waals surface area contributed by atoms with Crippen LogP contribution in [-0.2, 0) is 5.41 Å². The number of halogens is 1. The Bertz CT molecular complexity index is 981. The van der Waals surface area contributed by atoms with Gasteiger partial charge in [-0.25, -0.2) is 4.39 Å². The first kappa shape index (κ1) is 19.8. The summed E-state index contributed by atoms with van der Waals surface area (Å²) in [4.78, 5) is 4.09. The molecule has 0 aliphatic heterocycles. The molecule has 0 saturated heterocycles. The molecule has 0 bridgehead atoms. The van der Waals surface area contributed by atoms with Gasteiger partial charge in [0, 0.05) is 34.8 Å². The maximum Gasteiger partial charge on any atom is 0.166 e. The second-order valence-corrected chi connectivity index (χ2v) is 8.26. The maximum absolute atomic E-state index is 14.8. The van der Waals surface area contributed by atoms with Gasteiger partial charge in [-0.2, -0.15) is 0 Å². The first-order valence-electron chi connectivity index (χ1n) is 10.6. The molecule has 3 nitrogen and oxygen atoms in total. The molecule has 152 valence electrons. The van der Waals surface area contributed by atoms with Crippen molar-refractivity contribution in [1.82, 2.24) is 4.98 Å². The van der Waals surface area contributed by atoms with Gasteiger partial charge in [-0.3, -0.25) is 4.98 Å². The van der Waals surface area contributed by atoms with Gasteiger partial charge in [-0.15, -0.1) is 0 Å². The lowest BCUT2D eigenvalue weighted by Crippen LogP contribution is -2.48. The zero-order chi connectivity index (χ0) is 20.4. The lowest BCUT2D eigenvalue weighted by atomic mass is 9.64. The Kier molecular flexibility index (Phi) is 5.55. The van der Waals surface area contributed by atoms with Crippen LogP contribution in [0.3, 0.4) is 0 Å². The zero-order valence-corrected chi connectivity index (χ0v) is 17.2. The Morgan fingerprint density at radius 3 is 2.62 bits per heavy atom. The number of benzene rings is 2. The van der Waals surface area contributed by atoms with E-state index in [2.05, 4.69) is 36.2 Å². The first-order chi connectivity index (χ1) is 14.0. The molecular weight excluding hydrogens is 363 g/mol. The van der Waals surface area contributed by atoms with E-state index in [9.17, 15) is 4.39 Å². The number of pyridine rings is 1. The minimum absolute atomic E-state index is 0.00313. The van der Waals surface area contributed by atoms with Crippen LogP contribution in [0.15, 0.2) is 54.9 Å². The number of ether oxygens (including phenoxy) is 1. The van der Waals surface area contributed by atoms with E-state index in [1.807, 2.05) is 19.1 Å². The lowest BCUT2D eigenvalue weighted by Gasteiger charge is -2.44. The average molecular weight is 393 g/mol. The fourth-order valence-electron chi connectivity index (χ4n) is 4.94. The van der Waals surface area contributed by atoms with Crippen molar-refractivity contribution in [2.45, 2.75) is 63.5 Å². The summed E-state index contributed by atoms with van der Waals surface area (Å²) < 4.78 is 21.0. The van der Waals surface area contributed by atoms with Crippen LogP contribution in [-0.4, -0.2) is 17.1 Å². The summed E-state index contributed by atoms with van der Waals surface area (Å²) in [5.74, 6) is 0.0638. The third kappa shape index (κ3) is 3.62. The largest absolute Gasteiger partial charge is 0.487 e. The molecule has 4 rings (SSSR count). The van der Waals surface area contributed by atoms with Crippen molar-refractivity contribution in [3.63, 3.8) is 0 Å². The number of fused-ring (bicyclic) bond motifs is 1. The Balaban J connectivity index is 1.56. The molecule has 3 aromatic rings. The fourth-order valence-corrected chi connectivity index (χ4v) is 4.94. The summed E-state index contributed by atoms with van der Waals surface area (Å²) in [6.07, 6.45) is 8.01. The summed E-state index contributed by atoms with van der Waals surface area (Å²) in [5.41, 5.74) is 8.74. The van der Waals surface area contributed by atoms with Crippen LogP contribution in [0.1, 0.15) is 50.2 Å². The third-order valence-corrected chi connectivity index (χ3v) is 6.70. The van der Waals surface area contributed by atoms with Crippen molar-refractivity contribution in [1.29, 1.82) is 0 Å². The van der Waals surface area contributed by atoms with Crippen LogP contribution >= 0.6 is 0 Å². The van der Waals surface area contributed by atoms with Crippen LogP contribution in [0.25, 0.3) is 10.8 Å². The van der Waals surface area contributed by atoms with Crippen LogP contribution in [0.5, 0.6) is 5.75 Å². The van der Waals surface area contributed by atoms with Crippen molar-refractivity contribution in [3.8, 4) is 5.75 Å². The van der Waals surface area contributed by atoms with Crippen molar-refractivity contribution in [2.24, 2.45) is 5.73 Å². The Hall–Kier alpha value is -2.46. The second-order valence-electron chi connectivity index (χ2n) is 8.26. The molecule has 1 heterocycles. The number of hydrogen-bond donors (Lipinski definition) is 1. The van der Waals surface area contributed by atoms with E-state index in [1.165, 1.54) is 11.6 Å². The van der Waals surface area contributed by atoms with E-state index in [0.717, 1.165) is 48.4 Å². The van der Waals surface area contributed by atoms with E-state index < -0.39 is 0 Å². The Morgan fingerprint density at radius 2 is 1.93 bits per heavy atom. The molecule has 1 atom stereocenters. The Morgan fingerprint density at radius 1 is 1.21 bits per heavy atom. The molecule has 1 unspecified atom stereocenters. The van der Waals surface area contributed by atoms with E-state index in [4.69, 9.17) is 10.5 Å². The van der Waals surface area contributed by atoms with Gasteiger partial charge in [0.15, 0.2) is 11.6 Å². The molecule has 0 radical (unpaired) electrons. The molecule has 1 aliphatic rings. The molecule has 1 saturated carbocycles. The van der Waals surface area contributed by atoms with Gasteiger partial charge < -0.3 is 10.5 Å². The number of rotatable bonds is 5. The van der Waals surface area contributed by atoms with Gasteiger partial charge in [0.05, 0.1) is 6.10 Å². The summed E-state index contributed by atoms with van der Waals surface area (Å²) in [7, 11) is 0. The van der Waals surface area contributed by atoms with Crippen LogP contribution in [0.2, 0.25) is 0 Å². The van der Waals surface area contributed by atoms with Gasteiger partial charge in [-0.05, 0) is 62.1 Å². The molecule has 2 N–H and O–H groups in total. The summed E-state index contributed by atoms with van der Waals surface area (Å²) in [6, 6.07) is 14.2. The average Bonchev–Trinajstić information content (AvgIpc) is 2.77. The highest BCUT2D eigenvalue weighted by Crippen LogP contribution is 2.44. The number of aromatic nitrogens is 1. The molecule has 1 fully saturated rings. The maximum atomic E-state index is 14.8. The first-order valence-corrected chi connectivity index (χ1v) is 10.6. The quantitative estimate of drug-likeness (QED) is 0.608. The van der Waals surface area contributed by atoms with E-state index in [0.29, 0.717) is 5.75 Å². The van der Waals surface area contributed by atoms with E-state index in [-0.39, 0.29) is 23.4 Å². The summed E-state index contributed by atoms with van der Waals surface area (Å²) >= 11 is 0. The van der Waals surface area contributed by atoms with E-state index >= 15 is 0 Å². The number of nitrogens with two attached hydrogens (primary N) is 1. The normalized spacial score (nSPS) is 23.1. The molecule has 1 aliphatic carbocycles. The van der Waals surface area contributed by atoms with Crippen molar-refractivity contribution < 1.29 is 9.13 Å². The second kappa shape index (κ2) is 8.11. The summed E-state index contributed by atoms with van der Waals surface area (Å²) in [5, 5.41) is 1.79. The highest BCUT2D eigenvalue weighted by Gasteiger charge is 2.41. The monoisotopic (exact) mass is 392 g/mol. The molecule has 1 aromatic heterocycles. The number of aryl methyl sites for hydroxylation is 1. The van der Waals surface area contributed by atoms with Gasteiger partial charge in [0.25, 0.3) is 0 Å². The van der Waals surface area contributed by atoms with Gasteiger partial charge in [0.1, 0.15) is 0 Å². The highest BCUT2D eigenvalue weighted by molar-refractivity contribution is 5.86. The zero-order valence-electron chi connectivity index (χ0n) is 17.2. The minimum atomic E-state index is -0.312. The summed E-state index contributed by atoms with van der Waals surface area (Å²) in [6.45, 7) is 4.07. The Labute approximate surface area is 172 Å². The van der Waals surface area contributed by atoms with Crippen molar-refractivity contribution >= 4 is 10.8 Å². The van der Waals surface area contributed by atoms with Crippen LogP contribution in [0, 0.1) is 12.7 Å². The van der Waals surface area contributed by atoms with Crippen LogP contribution in [0.4, 0.5) is 4.39 Å². The third-order valence-electron chi connectivity index (χ3n) is 6.70. The van der Waals surface area contributed by atoms with Gasteiger partial charge in [0.2, 0.25) is 0 Å². The highest BCUT2D eigenvalue weighted by atomic mass is 19.1. The van der Waals surface area contributed by atoms with Gasteiger partial charge in [-0.1, -0.05) is 37.3 Å². The SMILES string of the molecule is CCC(N)C1(c2ccccc2)CCC(Oc2c(F)cc3cnccc3c2C)CC1. The smallest absolute Gasteiger partial charge is 0.166 e. The van der Waals surface area contributed by atoms with Crippen molar-refractivity contribution in [2.75, 3.05) is 0 Å². The van der Waals surface area contributed by atoms with E-state index in [1.54, 1.807) is 12.4 Å². The van der Waals surface area contributed by atoms with Crippen LogP contribution < -0.4 is 10.5 Å². The fraction of sp³-hybridized carbons (Fsp3) is 0.400. The topological polar surface area (TPSA) is 48.1 Å². The van der Waals surface area contributed by atoms with Crippen molar-refractivity contribution in [3.05, 3.63) is 71.8 Å². The predicted octanol–water partition coefficient (Wildman–Crippen LogP) is 5.68. The molecule has 0 amide bonds. The number of hydrogen-bond acceptors (Lipinski definition) is 3. The predicted molar refractivity (Wildman–Crippen MR) is 116 cm³/mol. The molecule has 4 heteroatoms. The number of nitrogens with zero attached hydrogens (tertiary/aromatic N) is 1. The molecule has 29 heavy (non-hydrogen) atoms. The standard InChI is InChI=1S/C25H29FN2O/c1-3-23(27)25(19-7-5-4-6-8-19)12-9-20(10-13-25)29-24-17(2)21-11-14-28-16-18(21)15-22(24)26/h4-8,11,14-16,20,23H,3,9-10,12-13,27H2,1-2H3. The molecular formula is C25H29FN2O. The molecule has 2 aromatic carbocycles.